The van der Waals surface area contributed by atoms with Crippen LogP contribution in [0.25, 0.3) is 0 Å². The van der Waals surface area contributed by atoms with Crippen LogP contribution in [-0.2, 0) is 9.63 Å². The molecule has 1 rings (SSSR count). The Balaban J connectivity index is 2.46. The number of oxime groups is 1. The summed E-state index contributed by atoms with van der Waals surface area (Å²) in [5.41, 5.74) is 0.329. The first-order chi connectivity index (χ1) is 14.2. The molecule has 0 aromatic heterocycles. The van der Waals surface area contributed by atoms with Crippen molar-refractivity contribution in [2.45, 2.75) is 110 Å². The monoisotopic (exact) mass is 409 g/mol. The zero-order valence-electron chi connectivity index (χ0n) is 18.8. The molecule has 1 aliphatic rings. The number of hydrogen-bond acceptors (Lipinski definition) is 4. The highest BCUT2D eigenvalue weighted by atomic mass is 16.7. The summed E-state index contributed by atoms with van der Waals surface area (Å²) >= 11 is 0. The molecule has 0 radical (unpaired) electrons. The van der Waals surface area contributed by atoms with Gasteiger partial charge in [-0.2, -0.15) is 0 Å². The van der Waals surface area contributed by atoms with Gasteiger partial charge in [0.15, 0.2) is 0 Å². The average Bonchev–Trinajstić information content (AvgIpc) is 2.93. The highest BCUT2D eigenvalue weighted by Gasteiger charge is 2.18. The molecular weight excluding hydrogens is 366 g/mol. The van der Waals surface area contributed by atoms with Crippen molar-refractivity contribution >= 4 is 17.7 Å². The minimum absolute atomic E-state index is 0.214. The van der Waals surface area contributed by atoms with Gasteiger partial charge in [-0.3, -0.25) is 9.63 Å². The summed E-state index contributed by atoms with van der Waals surface area (Å²) in [4.78, 5) is 31.5. The van der Waals surface area contributed by atoms with Crippen LogP contribution in [0.4, 0.5) is 4.79 Å². The van der Waals surface area contributed by atoms with Crippen molar-refractivity contribution in [2.24, 2.45) is 5.16 Å². The largest absolute Gasteiger partial charge is 0.435 e. The maximum Gasteiger partial charge on any atom is 0.435 e. The molecule has 168 valence electrons. The molecule has 2 amide bonds. The van der Waals surface area contributed by atoms with E-state index in [0.717, 1.165) is 38.5 Å². The predicted octanol–water partition coefficient (Wildman–Crippen LogP) is 5.80. The number of nitrogens with one attached hydrogen (secondary N) is 1. The topological polar surface area (TPSA) is 71.0 Å². The van der Waals surface area contributed by atoms with E-state index in [1.807, 2.05) is 0 Å². The Hall–Kier alpha value is -1.59. The van der Waals surface area contributed by atoms with Crippen LogP contribution in [0, 0.1) is 0 Å². The van der Waals surface area contributed by atoms with E-state index in [0.29, 0.717) is 31.8 Å². The number of amides is 2. The van der Waals surface area contributed by atoms with E-state index in [1.54, 1.807) is 4.90 Å². The van der Waals surface area contributed by atoms with Crippen LogP contribution in [-0.4, -0.2) is 42.2 Å². The Labute approximate surface area is 177 Å². The summed E-state index contributed by atoms with van der Waals surface area (Å²) in [6.07, 6.45) is 16.2. The second-order valence-corrected chi connectivity index (χ2v) is 8.13. The molecule has 1 saturated heterocycles. The molecule has 0 unspecified atom stereocenters. The first-order valence-corrected chi connectivity index (χ1v) is 12.0. The number of nitrogens with zero attached hydrogens (tertiary/aromatic N) is 2. The molecule has 1 aliphatic heterocycles. The van der Waals surface area contributed by atoms with Crippen molar-refractivity contribution in [3.63, 3.8) is 0 Å². The van der Waals surface area contributed by atoms with Gasteiger partial charge in [0, 0.05) is 19.6 Å². The second-order valence-electron chi connectivity index (χ2n) is 8.13. The molecule has 0 atom stereocenters. The molecule has 1 heterocycles. The lowest BCUT2D eigenvalue weighted by atomic mass is 10.1. The molecule has 1 fully saturated rings. The third kappa shape index (κ3) is 12.6. The fraction of sp³-hybridized carbons (Fsp3) is 0.870. The van der Waals surface area contributed by atoms with Gasteiger partial charge in [-0.15, -0.1) is 0 Å². The normalized spacial score (nSPS) is 15.8. The van der Waals surface area contributed by atoms with Gasteiger partial charge in [0.25, 0.3) is 5.91 Å². The Morgan fingerprint density at radius 1 is 0.897 bits per heavy atom. The lowest BCUT2D eigenvalue weighted by Gasteiger charge is -2.20. The van der Waals surface area contributed by atoms with Gasteiger partial charge in [-0.25, -0.2) is 4.79 Å². The van der Waals surface area contributed by atoms with E-state index >= 15 is 0 Å². The number of hydrogen-bond donors (Lipinski definition) is 1. The maximum atomic E-state index is 12.6. The van der Waals surface area contributed by atoms with E-state index < -0.39 is 6.09 Å². The summed E-state index contributed by atoms with van der Waals surface area (Å²) in [5, 5.41) is 6.69. The number of carbonyl (C=O) groups is 2. The van der Waals surface area contributed by atoms with E-state index in [9.17, 15) is 9.59 Å². The number of carbonyl (C=O) groups excluding carboxylic acids is 2. The smallest absolute Gasteiger partial charge is 0.351 e. The molecule has 29 heavy (non-hydrogen) atoms. The Morgan fingerprint density at radius 3 is 2.03 bits per heavy atom. The summed E-state index contributed by atoms with van der Waals surface area (Å²) in [7, 11) is 0. The predicted molar refractivity (Wildman–Crippen MR) is 119 cm³/mol. The molecule has 0 aromatic carbocycles. The Kier molecular flexibility index (Phi) is 15.2. The molecule has 0 bridgehead atoms. The van der Waals surface area contributed by atoms with E-state index in [-0.39, 0.29) is 5.91 Å². The quantitative estimate of drug-likeness (QED) is 0.211. The zero-order chi connectivity index (χ0) is 21.2. The van der Waals surface area contributed by atoms with Crippen LogP contribution >= 0.6 is 0 Å². The standard InChI is InChI=1S/C23H43N3O3/c1-3-5-7-9-11-15-19-26(20-16-12-10-8-6-4-2)23(28)29-25-21-17-13-14-18-24-22(21)27/h3-20H2,1-2H3,(H,24,27). The van der Waals surface area contributed by atoms with E-state index in [2.05, 4.69) is 24.3 Å². The second kappa shape index (κ2) is 17.3. The fourth-order valence-corrected chi connectivity index (χ4v) is 3.53. The first kappa shape index (κ1) is 25.4. The van der Waals surface area contributed by atoms with Crippen LogP contribution < -0.4 is 5.32 Å². The van der Waals surface area contributed by atoms with Crippen molar-refractivity contribution in [1.29, 1.82) is 0 Å². The van der Waals surface area contributed by atoms with Crippen LogP contribution in [0.15, 0.2) is 5.16 Å². The van der Waals surface area contributed by atoms with Gasteiger partial charge in [0.1, 0.15) is 5.71 Å². The SMILES string of the molecule is CCCCCCCCN(CCCCCCCC)C(=O)ON=C1CCCCNC1=O. The number of unbranched alkanes of at least 4 members (excludes halogenated alkanes) is 10. The van der Waals surface area contributed by atoms with Gasteiger partial charge in [0.05, 0.1) is 0 Å². The van der Waals surface area contributed by atoms with Crippen LogP contribution in [0.1, 0.15) is 110 Å². The summed E-state index contributed by atoms with van der Waals surface area (Å²) < 4.78 is 0. The first-order valence-electron chi connectivity index (χ1n) is 12.0. The Morgan fingerprint density at radius 2 is 1.45 bits per heavy atom. The fourth-order valence-electron chi connectivity index (χ4n) is 3.53. The maximum absolute atomic E-state index is 12.6. The van der Waals surface area contributed by atoms with Gasteiger partial charge in [0.2, 0.25) is 0 Å². The molecule has 0 aliphatic carbocycles. The summed E-state index contributed by atoms with van der Waals surface area (Å²) in [5.74, 6) is -0.214. The summed E-state index contributed by atoms with van der Waals surface area (Å²) in [6.45, 7) is 6.50. The van der Waals surface area contributed by atoms with Gasteiger partial charge < -0.3 is 10.2 Å². The third-order valence-electron chi connectivity index (χ3n) is 5.44. The Bertz CT molecular complexity index is 464. The zero-order valence-corrected chi connectivity index (χ0v) is 18.8. The third-order valence-corrected chi connectivity index (χ3v) is 5.44. The molecule has 0 spiro atoms. The molecule has 0 saturated carbocycles. The van der Waals surface area contributed by atoms with E-state index in [4.69, 9.17) is 4.84 Å². The number of rotatable bonds is 15. The highest BCUT2D eigenvalue weighted by Crippen LogP contribution is 2.11. The van der Waals surface area contributed by atoms with Crippen molar-refractivity contribution in [3.8, 4) is 0 Å². The van der Waals surface area contributed by atoms with E-state index in [1.165, 1.54) is 51.4 Å². The van der Waals surface area contributed by atoms with Crippen molar-refractivity contribution in [3.05, 3.63) is 0 Å². The molecule has 1 N–H and O–H groups in total. The lowest BCUT2D eigenvalue weighted by Crippen LogP contribution is -2.34. The van der Waals surface area contributed by atoms with Crippen LogP contribution in [0.2, 0.25) is 0 Å². The molecular formula is C23H43N3O3. The molecule has 0 aromatic rings. The van der Waals surface area contributed by atoms with Gasteiger partial charge in [-0.05, 0) is 32.1 Å². The minimum Gasteiger partial charge on any atom is -0.351 e. The van der Waals surface area contributed by atoms with Gasteiger partial charge in [-0.1, -0.05) is 83.2 Å². The summed E-state index contributed by atoms with van der Waals surface area (Å²) in [6, 6.07) is 0. The van der Waals surface area contributed by atoms with Crippen LogP contribution in [0.5, 0.6) is 0 Å². The average molecular weight is 410 g/mol. The van der Waals surface area contributed by atoms with Crippen LogP contribution in [0.3, 0.4) is 0 Å². The van der Waals surface area contributed by atoms with Gasteiger partial charge >= 0.3 is 6.09 Å². The minimum atomic E-state index is -0.420. The highest BCUT2D eigenvalue weighted by molar-refractivity contribution is 6.38. The molecule has 6 nitrogen and oxygen atoms in total. The van der Waals surface area contributed by atoms with Crippen molar-refractivity contribution in [2.75, 3.05) is 19.6 Å². The molecule has 6 heteroatoms. The lowest BCUT2D eigenvalue weighted by molar-refractivity contribution is -0.114. The van der Waals surface area contributed by atoms with Crippen molar-refractivity contribution < 1.29 is 14.4 Å². The van der Waals surface area contributed by atoms with Crippen molar-refractivity contribution in [1.82, 2.24) is 10.2 Å².